The van der Waals surface area contributed by atoms with E-state index < -0.39 is 40.4 Å². The Morgan fingerprint density at radius 1 is 0.286 bits per heavy atom. The molecule has 4 atom stereocenters. The molecule has 0 aromatic heterocycles. The fourth-order valence-electron chi connectivity index (χ4n) is 16.7. The van der Waals surface area contributed by atoms with Crippen LogP contribution in [-0.2, 0) is 0 Å². The second kappa shape index (κ2) is 11.6. The molecular formula is C44H92Si5. The number of rotatable bonds is 8. The van der Waals surface area contributed by atoms with Crippen LogP contribution in [0, 0.1) is 0 Å². The minimum Gasteiger partial charge on any atom is -0.0625 e. The van der Waals surface area contributed by atoms with Crippen LogP contribution in [0.5, 0.6) is 0 Å². The Hall–Kier alpha value is 1.08. The summed E-state index contributed by atoms with van der Waals surface area (Å²) in [6, 6.07) is 13.5. The first-order valence-electron chi connectivity index (χ1n) is 21.2. The van der Waals surface area contributed by atoms with E-state index in [0.29, 0.717) is 40.3 Å². The molecule has 0 amide bonds. The zero-order valence-electron chi connectivity index (χ0n) is 38.5. The second-order valence-electron chi connectivity index (χ2n) is 27.8. The monoisotopic (exact) mass is 761 g/mol. The third kappa shape index (κ3) is 6.53. The third-order valence-electron chi connectivity index (χ3n) is 17.8. The Bertz CT molecular complexity index is 980. The average Bonchev–Trinajstić information content (AvgIpc) is 3.62. The first kappa shape index (κ1) is 42.8. The van der Waals surface area contributed by atoms with Gasteiger partial charge in [0.1, 0.15) is 0 Å². The largest absolute Gasteiger partial charge is 0.0669 e. The van der Waals surface area contributed by atoms with Gasteiger partial charge in [0.15, 0.2) is 0 Å². The number of hydrogen-bond donors (Lipinski definition) is 0. The van der Waals surface area contributed by atoms with Gasteiger partial charge in [0.05, 0.1) is 40.4 Å². The SMILES string of the molecule is CC(C)(C)[Si]1(C(C)(C)C)CC1C[Si](CC1C[Si]1(C(C)(C)C)C(C)(C)C)(CC1C[Si]1(C(C)(C)C)C(C)(C)C)CC1C[Si]1(C(C)(C)C)C(C)(C)C. The summed E-state index contributed by atoms with van der Waals surface area (Å²) in [4.78, 5) is 0. The van der Waals surface area contributed by atoms with E-state index in [0.717, 1.165) is 22.2 Å². The second-order valence-corrected chi connectivity index (χ2v) is 57.1. The summed E-state index contributed by atoms with van der Waals surface area (Å²) in [5.41, 5.74) is 4.32. The Labute approximate surface area is 315 Å². The molecule has 0 saturated carbocycles. The standard InChI is InChI=1S/C44H92Si5/c1-37(2,3)46(38(4,5)6)29-33(46)25-45(26-34-30-47(34,39(7,8)9)40(10,11)12,27-35-31-48(35,41(13,14)15)42(16,17)18)28-36-32-49(36,43(19,20)21)44(22,23)24/h33-36H,25-32H2,1-24H3. The van der Waals surface area contributed by atoms with Crippen molar-refractivity contribution in [2.24, 2.45) is 0 Å². The summed E-state index contributed by atoms with van der Waals surface area (Å²) >= 11 is 0. The molecular weight excluding hydrogens is 669 g/mol. The van der Waals surface area contributed by atoms with Gasteiger partial charge in [-0.1, -0.05) is 215 Å². The van der Waals surface area contributed by atoms with Crippen LogP contribution in [0.15, 0.2) is 0 Å². The van der Waals surface area contributed by atoms with Crippen LogP contribution < -0.4 is 0 Å². The van der Waals surface area contributed by atoms with Gasteiger partial charge in [-0.2, -0.15) is 0 Å². The Balaban J connectivity index is 1.90. The molecule has 288 valence electrons. The van der Waals surface area contributed by atoms with Crippen molar-refractivity contribution in [1.29, 1.82) is 0 Å². The summed E-state index contributed by atoms with van der Waals surface area (Å²) in [6.07, 6.45) is 0. The van der Waals surface area contributed by atoms with Crippen LogP contribution in [0.3, 0.4) is 0 Å². The summed E-state index contributed by atoms with van der Waals surface area (Å²) in [5, 5.41) is 4.07. The van der Waals surface area contributed by atoms with Crippen LogP contribution in [0.2, 0.25) is 111 Å². The molecule has 0 N–H and O–H groups in total. The minimum atomic E-state index is -1.64. The van der Waals surface area contributed by atoms with Crippen molar-refractivity contribution in [3.05, 3.63) is 0 Å². The summed E-state index contributed by atoms with van der Waals surface area (Å²) in [5.74, 6) is 0. The van der Waals surface area contributed by atoms with Crippen LogP contribution in [0.25, 0.3) is 0 Å². The Morgan fingerprint density at radius 2 is 0.408 bits per heavy atom. The zero-order chi connectivity index (χ0) is 38.5. The Morgan fingerprint density at radius 3 is 0.490 bits per heavy atom. The van der Waals surface area contributed by atoms with Crippen LogP contribution in [-0.4, -0.2) is 40.4 Å². The van der Waals surface area contributed by atoms with E-state index in [1.807, 2.05) is 0 Å². The lowest BCUT2D eigenvalue weighted by atomic mass is 10.2. The molecule has 4 unspecified atom stereocenters. The smallest absolute Gasteiger partial charge is 0.0625 e. The fraction of sp³-hybridized carbons (Fsp3) is 1.00. The highest BCUT2D eigenvalue weighted by Gasteiger charge is 2.76. The maximum atomic E-state index is 2.68. The molecule has 0 aromatic carbocycles. The van der Waals surface area contributed by atoms with Gasteiger partial charge < -0.3 is 0 Å². The molecule has 4 rings (SSSR count). The van der Waals surface area contributed by atoms with Crippen LogP contribution in [0.1, 0.15) is 166 Å². The lowest BCUT2D eigenvalue weighted by Crippen LogP contribution is -2.46. The van der Waals surface area contributed by atoms with Gasteiger partial charge in [-0.05, 0) is 62.5 Å². The predicted octanol–water partition coefficient (Wildman–Crippen LogP) is 17.2. The highest BCUT2D eigenvalue weighted by molar-refractivity contribution is 7.03. The van der Waals surface area contributed by atoms with Crippen molar-refractivity contribution < 1.29 is 0 Å². The van der Waals surface area contributed by atoms with Crippen LogP contribution in [0.4, 0.5) is 0 Å². The van der Waals surface area contributed by atoms with Gasteiger partial charge in [-0.3, -0.25) is 0 Å². The van der Waals surface area contributed by atoms with E-state index in [-0.39, 0.29) is 0 Å². The van der Waals surface area contributed by atoms with Crippen LogP contribution >= 0.6 is 0 Å². The lowest BCUT2D eigenvalue weighted by Gasteiger charge is -2.47. The van der Waals surface area contributed by atoms with Crippen molar-refractivity contribution in [1.82, 2.24) is 0 Å². The van der Waals surface area contributed by atoms with Gasteiger partial charge in [-0.25, -0.2) is 0 Å². The molecule has 0 aromatic rings. The highest BCUT2D eigenvalue weighted by Crippen LogP contribution is 2.82. The van der Waals surface area contributed by atoms with Crippen molar-refractivity contribution in [2.75, 3.05) is 0 Å². The van der Waals surface area contributed by atoms with Crippen molar-refractivity contribution in [3.63, 3.8) is 0 Å². The van der Waals surface area contributed by atoms with E-state index in [1.165, 1.54) is 0 Å². The topological polar surface area (TPSA) is 0 Å². The minimum absolute atomic E-state index is 0.509. The predicted molar refractivity (Wildman–Crippen MR) is 240 cm³/mol. The van der Waals surface area contributed by atoms with Gasteiger partial charge >= 0.3 is 0 Å². The number of hydrogen-bond acceptors (Lipinski definition) is 0. The summed E-state index contributed by atoms with van der Waals surface area (Å²) < 4.78 is 0. The lowest BCUT2D eigenvalue weighted by molar-refractivity contribution is 0.632. The molecule has 49 heavy (non-hydrogen) atoms. The van der Waals surface area contributed by atoms with Gasteiger partial charge in [0.2, 0.25) is 0 Å². The fourth-order valence-corrected chi connectivity index (χ4v) is 63.8. The van der Waals surface area contributed by atoms with E-state index >= 15 is 0 Å². The highest BCUT2D eigenvalue weighted by atomic mass is 28.4. The zero-order valence-corrected chi connectivity index (χ0v) is 43.5. The molecule has 0 aliphatic carbocycles. The van der Waals surface area contributed by atoms with Gasteiger partial charge in [-0.15, -0.1) is 0 Å². The van der Waals surface area contributed by atoms with Gasteiger partial charge in [0, 0.05) is 0 Å². The summed E-state index contributed by atoms with van der Waals surface area (Å²) in [6.45, 7) is 64.4. The molecule has 4 aliphatic heterocycles. The Kier molecular flexibility index (Phi) is 10.1. The maximum absolute atomic E-state index is 2.68. The molecule has 0 bridgehead atoms. The van der Waals surface area contributed by atoms with Gasteiger partial charge in [0.25, 0.3) is 0 Å². The average molecular weight is 762 g/mol. The molecule has 4 fully saturated rings. The van der Waals surface area contributed by atoms with Crippen molar-refractivity contribution in [2.45, 2.75) is 277 Å². The molecule has 4 saturated heterocycles. The van der Waals surface area contributed by atoms with E-state index in [4.69, 9.17) is 0 Å². The quantitative estimate of drug-likeness (QED) is 0.216. The molecule has 4 heterocycles. The van der Waals surface area contributed by atoms with Crippen molar-refractivity contribution >= 4 is 40.4 Å². The first-order chi connectivity index (χ1) is 21.2. The third-order valence-corrected chi connectivity index (χ3v) is 56.0. The molecule has 4 aliphatic rings. The molecule has 5 heteroatoms. The normalized spacial score (nSPS) is 30.9. The van der Waals surface area contributed by atoms with Crippen molar-refractivity contribution in [3.8, 4) is 0 Å². The maximum Gasteiger partial charge on any atom is 0.0669 e. The van der Waals surface area contributed by atoms with E-state index in [9.17, 15) is 0 Å². The van der Waals surface area contributed by atoms with E-state index in [1.54, 1.807) is 48.4 Å². The molecule has 0 nitrogen and oxygen atoms in total. The van der Waals surface area contributed by atoms with E-state index in [2.05, 4.69) is 166 Å². The molecule has 0 spiro atoms. The summed E-state index contributed by atoms with van der Waals surface area (Å²) in [7, 11) is -7.43. The first-order valence-corrected chi connectivity index (χ1v) is 33.2. The molecule has 0 radical (unpaired) electrons.